The lowest BCUT2D eigenvalue weighted by molar-refractivity contribution is -0.140. The molecular formula is C23H29Cl2N3O4S. The van der Waals surface area contributed by atoms with E-state index in [9.17, 15) is 18.0 Å². The van der Waals surface area contributed by atoms with Gasteiger partial charge < -0.3 is 10.2 Å². The molecule has 0 saturated heterocycles. The van der Waals surface area contributed by atoms with Gasteiger partial charge in [-0.2, -0.15) is 0 Å². The standard InChI is InChI=1S/C23H29Cl2N3O4S/c1-16(22(30)26-23(2,3)4)27(14-17-9-7-6-8-10-17)21(29)15-28(33(5,31)32)20-12-11-18(24)13-19(20)25/h6-13,16H,14-15H2,1-5H3,(H,26,30). The maximum Gasteiger partial charge on any atom is 0.244 e. The van der Waals surface area contributed by atoms with Gasteiger partial charge in [0.05, 0.1) is 17.0 Å². The van der Waals surface area contributed by atoms with E-state index in [0.29, 0.717) is 5.02 Å². The number of hydrogen-bond acceptors (Lipinski definition) is 4. The Morgan fingerprint density at radius 2 is 1.67 bits per heavy atom. The minimum absolute atomic E-state index is 0.0915. The van der Waals surface area contributed by atoms with E-state index >= 15 is 0 Å². The van der Waals surface area contributed by atoms with Crippen molar-refractivity contribution in [3.8, 4) is 0 Å². The van der Waals surface area contributed by atoms with E-state index in [1.165, 1.54) is 23.1 Å². The van der Waals surface area contributed by atoms with Crippen molar-refractivity contribution in [1.82, 2.24) is 10.2 Å². The van der Waals surface area contributed by atoms with Crippen LogP contribution in [0.25, 0.3) is 0 Å². The summed E-state index contributed by atoms with van der Waals surface area (Å²) in [4.78, 5) is 27.7. The molecule has 2 aromatic carbocycles. The largest absolute Gasteiger partial charge is 0.350 e. The highest BCUT2D eigenvalue weighted by Crippen LogP contribution is 2.30. The summed E-state index contributed by atoms with van der Waals surface area (Å²) in [6, 6.07) is 12.7. The quantitative estimate of drug-likeness (QED) is 0.575. The smallest absolute Gasteiger partial charge is 0.244 e. The predicted molar refractivity (Wildman–Crippen MR) is 133 cm³/mol. The lowest BCUT2D eigenvalue weighted by Gasteiger charge is -2.33. The highest BCUT2D eigenvalue weighted by molar-refractivity contribution is 7.92. The van der Waals surface area contributed by atoms with Gasteiger partial charge in [-0.1, -0.05) is 53.5 Å². The predicted octanol–water partition coefficient (Wildman–Crippen LogP) is 4.09. The minimum Gasteiger partial charge on any atom is -0.350 e. The molecule has 0 heterocycles. The lowest BCUT2D eigenvalue weighted by Crippen LogP contribution is -2.54. The van der Waals surface area contributed by atoms with E-state index in [1.54, 1.807) is 6.92 Å². The van der Waals surface area contributed by atoms with Crippen molar-refractivity contribution >= 4 is 50.7 Å². The Bertz CT molecular complexity index is 1100. The second-order valence-corrected chi connectivity index (χ2v) is 11.5. The van der Waals surface area contributed by atoms with E-state index in [-0.39, 0.29) is 23.2 Å². The van der Waals surface area contributed by atoms with Gasteiger partial charge in [-0.3, -0.25) is 13.9 Å². The summed E-state index contributed by atoms with van der Waals surface area (Å²) in [5.41, 5.74) is 0.433. The van der Waals surface area contributed by atoms with Crippen molar-refractivity contribution in [2.75, 3.05) is 17.1 Å². The number of benzene rings is 2. The van der Waals surface area contributed by atoms with Gasteiger partial charge in [0.2, 0.25) is 21.8 Å². The number of nitrogens with one attached hydrogen (secondary N) is 1. The first-order chi connectivity index (χ1) is 15.2. The normalized spacial score (nSPS) is 12.7. The first-order valence-corrected chi connectivity index (χ1v) is 12.9. The Kier molecular flexibility index (Phi) is 8.79. The van der Waals surface area contributed by atoms with Crippen molar-refractivity contribution in [1.29, 1.82) is 0 Å². The second kappa shape index (κ2) is 10.8. The van der Waals surface area contributed by atoms with Crippen LogP contribution in [0.5, 0.6) is 0 Å². The Morgan fingerprint density at radius 3 is 2.18 bits per heavy atom. The first-order valence-electron chi connectivity index (χ1n) is 10.3. The molecule has 7 nitrogen and oxygen atoms in total. The molecule has 1 N–H and O–H groups in total. The van der Waals surface area contributed by atoms with Crippen LogP contribution in [-0.2, 0) is 26.2 Å². The molecule has 2 amide bonds. The fraction of sp³-hybridized carbons (Fsp3) is 0.391. The van der Waals surface area contributed by atoms with E-state index in [0.717, 1.165) is 16.1 Å². The van der Waals surface area contributed by atoms with E-state index in [4.69, 9.17) is 23.2 Å². The summed E-state index contributed by atoms with van der Waals surface area (Å²) in [6.07, 6.45) is 0.989. The van der Waals surface area contributed by atoms with Crippen LogP contribution in [0.1, 0.15) is 33.3 Å². The van der Waals surface area contributed by atoms with Crippen LogP contribution in [0.3, 0.4) is 0 Å². The number of rotatable bonds is 8. The summed E-state index contributed by atoms with van der Waals surface area (Å²) in [7, 11) is -3.87. The number of anilines is 1. The van der Waals surface area contributed by atoms with Crippen LogP contribution < -0.4 is 9.62 Å². The minimum atomic E-state index is -3.87. The fourth-order valence-corrected chi connectivity index (χ4v) is 4.54. The molecule has 0 saturated carbocycles. The second-order valence-electron chi connectivity index (χ2n) is 8.79. The Hall–Kier alpha value is -2.29. The third kappa shape index (κ3) is 7.91. The molecule has 33 heavy (non-hydrogen) atoms. The van der Waals surface area contributed by atoms with Gasteiger partial charge in [-0.05, 0) is 51.5 Å². The van der Waals surface area contributed by atoms with Crippen molar-refractivity contribution in [3.63, 3.8) is 0 Å². The average Bonchev–Trinajstić information content (AvgIpc) is 2.69. The van der Waals surface area contributed by atoms with Gasteiger partial charge in [0.1, 0.15) is 12.6 Å². The van der Waals surface area contributed by atoms with E-state index < -0.39 is 34.1 Å². The molecule has 0 aliphatic rings. The van der Waals surface area contributed by atoms with Crippen LogP contribution in [0.15, 0.2) is 48.5 Å². The van der Waals surface area contributed by atoms with Crippen LogP contribution in [0.4, 0.5) is 5.69 Å². The number of amides is 2. The molecule has 2 rings (SSSR count). The Labute approximate surface area is 205 Å². The van der Waals surface area contributed by atoms with Crippen LogP contribution in [0, 0.1) is 0 Å². The first kappa shape index (κ1) is 27.0. The number of nitrogens with zero attached hydrogens (tertiary/aromatic N) is 2. The molecule has 0 radical (unpaired) electrons. The van der Waals surface area contributed by atoms with Gasteiger partial charge in [0, 0.05) is 17.1 Å². The van der Waals surface area contributed by atoms with Gasteiger partial charge in [-0.25, -0.2) is 8.42 Å². The number of carbonyl (C=O) groups excluding carboxylic acids is 2. The zero-order valence-corrected chi connectivity index (χ0v) is 21.6. The highest BCUT2D eigenvalue weighted by Gasteiger charge is 2.31. The maximum absolute atomic E-state index is 13.4. The number of carbonyl (C=O) groups is 2. The number of hydrogen-bond donors (Lipinski definition) is 1. The summed E-state index contributed by atoms with van der Waals surface area (Å²) < 4.78 is 26.0. The number of sulfonamides is 1. The summed E-state index contributed by atoms with van der Waals surface area (Å²) in [5.74, 6) is -0.894. The lowest BCUT2D eigenvalue weighted by atomic mass is 10.1. The summed E-state index contributed by atoms with van der Waals surface area (Å²) in [6.45, 7) is 6.74. The van der Waals surface area contributed by atoms with Crippen molar-refractivity contribution in [2.24, 2.45) is 0 Å². The zero-order chi connectivity index (χ0) is 25.0. The third-order valence-electron chi connectivity index (χ3n) is 4.72. The molecule has 2 aromatic rings. The molecule has 1 atom stereocenters. The SMILES string of the molecule is CC(C(=O)NC(C)(C)C)N(Cc1ccccc1)C(=O)CN(c1ccc(Cl)cc1Cl)S(C)(=O)=O. The topological polar surface area (TPSA) is 86.8 Å². The Balaban J connectivity index is 2.41. The van der Waals surface area contributed by atoms with Gasteiger partial charge in [0.15, 0.2) is 0 Å². The maximum atomic E-state index is 13.4. The van der Waals surface area contributed by atoms with E-state index in [1.807, 2.05) is 51.1 Å². The van der Waals surface area contributed by atoms with Crippen molar-refractivity contribution in [3.05, 3.63) is 64.1 Å². The molecule has 0 fully saturated rings. The molecule has 10 heteroatoms. The molecule has 0 bridgehead atoms. The highest BCUT2D eigenvalue weighted by atomic mass is 35.5. The third-order valence-corrected chi connectivity index (χ3v) is 6.38. The molecule has 1 unspecified atom stereocenters. The molecular weight excluding hydrogens is 485 g/mol. The fourth-order valence-electron chi connectivity index (χ4n) is 3.12. The zero-order valence-electron chi connectivity index (χ0n) is 19.3. The average molecular weight is 514 g/mol. The van der Waals surface area contributed by atoms with Gasteiger partial charge in [0.25, 0.3) is 0 Å². The molecule has 0 aliphatic carbocycles. The van der Waals surface area contributed by atoms with Gasteiger partial charge in [-0.15, -0.1) is 0 Å². The Morgan fingerprint density at radius 1 is 1.06 bits per heavy atom. The van der Waals surface area contributed by atoms with Crippen LogP contribution in [-0.4, -0.2) is 49.5 Å². The van der Waals surface area contributed by atoms with Crippen molar-refractivity contribution < 1.29 is 18.0 Å². The van der Waals surface area contributed by atoms with Crippen LogP contribution >= 0.6 is 23.2 Å². The van der Waals surface area contributed by atoms with Crippen LogP contribution in [0.2, 0.25) is 10.0 Å². The number of halogens is 2. The van der Waals surface area contributed by atoms with E-state index in [2.05, 4.69) is 5.32 Å². The molecule has 0 spiro atoms. The summed E-state index contributed by atoms with van der Waals surface area (Å²) in [5, 5.41) is 3.30. The van der Waals surface area contributed by atoms with Gasteiger partial charge >= 0.3 is 0 Å². The molecule has 0 aromatic heterocycles. The van der Waals surface area contributed by atoms with Crippen molar-refractivity contribution in [2.45, 2.75) is 45.8 Å². The monoisotopic (exact) mass is 513 g/mol. The summed E-state index contributed by atoms with van der Waals surface area (Å²) >= 11 is 12.2. The molecule has 0 aliphatic heterocycles. The molecule has 180 valence electrons.